The lowest BCUT2D eigenvalue weighted by Crippen LogP contribution is -2.33. The topological polar surface area (TPSA) is 29.3 Å². The number of hydrogen-bond donors (Lipinski definition) is 1. The summed E-state index contributed by atoms with van der Waals surface area (Å²) in [5, 5.41) is 0. The van der Waals surface area contributed by atoms with Crippen LogP contribution in [-0.4, -0.2) is 24.6 Å². The maximum Gasteiger partial charge on any atom is 0.0417 e. The van der Waals surface area contributed by atoms with E-state index in [0.717, 1.165) is 18.8 Å². The molecule has 0 bridgehead atoms. The fourth-order valence-electron chi connectivity index (χ4n) is 1.79. The van der Waals surface area contributed by atoms with Crippen LogP contribution in [0.5, 0.6) is 0 Å². The normalized spacial score (nSPS) is 17.1. The van der Waals surface area contributed by atoms with E-state index in [1.54, 1.807) is 0 Å². The molecule has 0 radical (unpaired) electrons. The molecule has 2 N–H and O–H groups in total. The number of thioether (sulfide) groups is 1. The maximum absolute atomic E-state index is 5.90. The third kappa shape index (κ3) is 1.82. The Hall–Kier alpha value is -0.830. The van der Waals surface area contributed by atoms with E-state index in [4.69, 9.17) is 5.73 Å². The molecule has 1 aliphatic rings. The summed E-state index contributed by atoms with van der Waals surface area (Å²) in [4.78, 5) is 2.43. The molecule has 1 heterocycles. The van der Waals surface area contributed by atoms with Gasteiger partial charge in [0.25, 0.3) is 0 Å². The molecule has 0 spiro atoms. The van der Waals surface area contributed by atoms with Crippen molar-refractivity contribution in [1.29, 1.82) is 0 Å². The second kappa shape index (κ2) is 4.13. The van der Waals surface area contributed by atoms with E-state index in [1.807, 2.05) is 23.9 Å². The van der Waals surface area contributed by atoms with E-state index >= 15 is 0 Å². The number of anilines is 2. The third-order valence-electron chi connectivity index (χ3n) is 2.70. The van der Waals surface area contributed by atoms with Crippen molar-refractivity contribution in [2.45, 2.75) is 6.92 Å². The second-order valence-corrected chi connectivity index (χ2v) is 4.82. The predicted molar refractivity (Wildman–Crippen MR) is 65.1 cm³/mol. The summed E-state index contributed by atoms with van der Waals surface area (Å²) in [6.45, 7) is 4.40. The van der Waals surface area contributed by atoms with Crippen molar-refractivity contribution in [3.63, 3.8) is 0 Å². The number of nitrogen functional groups attached to an aromatic ring is 1. The van der Waals surface area contributed by atoms with E-state index in [-0.39, 0.29) is 0 Å². The summed E-state index contributed by atoms with van der Waals surface area (Å²) in [6, 6.07) is 6.18. The van der Waals surface area contributed by atoms with E-state index in [9.17, 15) is 0 Å². The first-order chi connectivity index (χ1) is 6.79. The minimum atomic E-state index is 0.903. The highest BCUT2D eigenvalue weighted by Gasteiger charge is 2.13. The molecular formula is C11H16N2S. The molecule has 0 saturated carbocycles. The molecule has 2 rings (SSSR count). The molecule has 1 saturated heterocycles. The molecule has 0 unspecified atom stereocenters. The summed E-state index contributed by atoms with van der Waals surface area (Å²) < 4.78 is 0. The number of hydrogen-bond acceptors (Lipinski definition) is 3. The van der Waals surface area contributed by atoms with Gasteiger partial charge >= 0.3 is 0 Å². The van der Waals surface area contributed by atoms with Gasteiger partial charge in [-0.15, -0.1) is 0 Å². The molecule has 2 nitrogen and oxygen atoms in total. The molecule has 0 aromatic heterocycles. The summed E-state index contributed by atoms with van der Waals surface area (Å²) in [5.41, 5.74) is 9.33. The Balaban J connectivity index is 2.26. The SMILES string of the molecule is Cc1c(N)cccc1N1CCSCC1. The molecule has 1 aromatic carbocycles. The van der Waals surface area contributed by atoms with Crippen molar-refractivity contribution < 1.29 is 0 Å². The summed E-state index contributed by atoms with van der Waals surface area (Å²) in [7, 11) is 0. The van der Waals surface area contributed by atoms with Crippen molar-refractivity contribution in [2.24, 2.45) is 0 Å². The Labute approximate surface area is 89.5 Å². The van der Waals surface area contributed by atoms with Gasteiger partial charge in [-0.05, 0) is 24.6 Å². The zero-order valence-electron chi connectivity index (χ0n) is 8.49. The molecule has 1 aromatic rings. The fourth-order valence-corrected chi connectivity index (χ4v) is 2.69. The number of rotatable bonds is 1. The van der Waals surface area contributed by atoms with Gasteiger partial charge in [-0.1, -0.05) is 6.07 Å². The predicted octanol–water partition coefficient (Wildman–Crippen LogP) is 2.13. The first-order valence-corrected chi connectivity index (χ1v) is 6.12. The molecule has 1 aliphatic heterocycles. The van der Waals surface area contributed by atoms with Gasteiger partial charge in [0, 0.05) is 36.0 Å². The fraction of sp³-hybridized carbons (Fsp3) is 0.455. The van der Waals surface area contributed by atoms with E-state index in [0.29, 0.717) is 0 Å². The maximum atomic E-state index is 5.90. The summed E-state index contributed by atoms with van der Waals surface area (Å²) in [5.74, 6) is 2.46. The Morgan fingerprint density at radius 1 is 1.29 bits per heavy atom. The van der Waals surface area contributed by atoms with Crippen molar-refractivity contribution >= 4 is 23.1 Å². The van der Waals surface area contributed by atoms with E-state index in [2.05, 4.69) is 17.9 Å². The van der Waals surface area contributed by atoms with Crippen molar-refractivity contribution in [2.75, 3.05) is 35.2 Å². The van der Waals surface area contributed by atoms with E-state index < -0.39 is 0 Å². The molecule has 14 heavy (non-hydrogen) atoms. The van der Waals surface area contributed by atoms with Crippen LogP contribution in [0.2, 0.25) is 0 Å². The quantitative estimate of drug-likeness (QED) is 0.717. The van der Waals surface area contributed by atoms with Crippen molar-refractivity contribution in [3.8, 4) is 0 Å². The first-order valence-electron chi connectivity index (χ1n) is 4.97. The van der Waals surface area contributed by atoms with Crippen LogP contribution in [0.3, 0.4) is 0 Å². The monoisotopic (exact) mass is 208 g/mol. The summed E-state index contributed by atoms with van der Waals surface area (Å²) in [6.07, 6.45) is 0. The Morgan fingerprint density at radius 3 is 2.71 bits per heavy atom. The molecule has 1 fully saturated rings. The highest BCUT2D eigenvalue weighted by Crippen LogP contribution is 2.26. The third-order valence-corrected chi connectivity index (χ3v) is 3.64. The van der Waals surface area contributed by atoms with Gasteiger partial charge in [0.05, 0.1) is 0 Å². The van der Waals surface area contributed by atoms with Crippen LogP contribution in [0.1, 0.15) is 5.56 Å². The first kappa shape index (κ1) is 9.71. The van der Waals surface area contributed by atoms with Crippen LogP contribution in [-0.2, 0) is 0 Å². The Morgan fingerprint density at radius 2 is 2.00 bits per heavy atom. The molecule has 3 heteroatoms. The number of benzene rings is 1. The van der Waals surface area contributed by atoms with Crippen LogP contribution in [0, 0.1) is 6.92 Å². The minimum absolute atomic E-state index is 0.903. The van der Waals surface area contributed by atoms with Gasteiger partial charge in [-0.2, -0.15) is 11.8 Å². The van der Waals surface area contributed by atoms with Crippen LogP contribution in [0.15, 0.2) is 18.2 Å². The van der Waals surface area contributed by atoms with Gasteiger partial charge in [0.2, 0.25) is 0 Å². The molecule has 0 atom stereocenters. The van der Waals surface area contributed by atoms with Crippen molar-refractivity contribution in [1.82, 2.24) is 0 Å². The van der Waals surface area contributed by atoms with Crippen LogP contribution < -0.4 is 10.6 Å². The highest BCUT2D eigenvalue weighted by molar-refractivity contribution is 7.99. The average Bonchev–Trinajstić information content (AvgIpc) is 2.23. The standard InChI is InChI=1S/C11H16N2S/c1-9-10(12)3-2-4-11(9)13-5-7-14-8-6-13/h2-4H,5-8,12H2,1H3. The van der Waals surface area contributed by atoms with Gasteiger partial charge in [0.1, 0.15) is 0 Å². The van der Waals surface area contributed by atoms with Gasteiger partial charge in [0.15, 0.2) is 0 Å². The smallest absolute Gasteiger partial charge is 0.0417 e. The zero-order valence-corrected chi connectivity index (χ0v) is 9.31. The van der Waals surface area contributed by atoms with Gasteiger partial charge < -0.3 is 10.6 Å². The molecule has 0 amide bonds. The summed E-state index contributed by atoms with van der Waals surface area (Å²) >= 11 is 2.03. The lowest BCUT2D eigenvalue weighted by atomic mass is 10.1. The lowest BCUT2D eigenvalue weighted by Gasteiger charge is -2.30. The van der Waals surface area contributed by atoms with Gasteiger partial charge in [-0.3, -0.25) is 0 Å². The highest BCUT2D eigenvalue weighted by atomic mass is 32.2. The number of nitrogens with two attached hydrogens (primary N) is 1. The van der Waals surface area contributed by atoms with E-state index in [1.165, 1.54) is 22.8 Å². The average molecular weight is 208 g/mol. The lowest BCUT2D eigenvalue weighted by molar-refractivity contribution is 0.855. The largest absolute Gasteiger partial charge is 0.398 e. The van der Waals surface area contributed by atoms with Crippen LogP contribution >= 0.6 is 11.8 Å². The number of nitrogens with zero attached hydrogens (tertiary/aromatic N) is 1. The molecular weight excluding hydrogens is 192 g/mol. The van der Waals surface area contributed by atoms with Crippen LogP contribution in [0.25, 0.3) is 0 Å². The molecule has 0 aliphatic carbocycles. The zero-order chi connectivity index (χ0) is 9.97. The van der Waals surface area contributed by atoms with Gasteiger partial charge in [-0.25, -0.2) is 0 Å². The second-order valence-electron chi connectivity index (χ2n) is 3.59. The van der Waals surface area contributed by atoms with Crippen LogP contribution in [0.4, 0.5) is 11.4 Å². The Bertz CT molecular complexity index is 319. The van der Waals surface area contributed by atoms with Crippen molar-refractivity contribution in [3.05, 3.63) is 23.8 Å². The molecule has 76 valence electrons. The Kier molecular flexibility index (Phi) is 2.87. The minimum Gasteiger partial charge on any atom is -0.398 e.